The molecule has 1 aliphatic rings. The minimum Gasteiger partial charge on any atom is -0.487 e. The van der Waals surface area contributed by atoms with Crippen LogP contribution in [0.4, 0.5) is 8.78 Å². The van der Waals surface area contributed by atoms with Crippen molar-refractivity contribution in [1.82, 2.24) is 20.0 Å². The Morgan fingerprint density at radius 1 is 1.12 bits per heavy atom. The van der Waals surface area contributed by atoms with E-state index in [1.54, 1.807) is 17.0 Å². The van der Waals surface area contributed by atoms with E-state index in [1.807, 2.05) is 37.2 Å². The van der Waals surface area contributed by atoms with E-state index in [4.69, 9.17) is 9.15 Å². The molecule has 2 aromatic carbocycles. The maximum absolute atomic E-state index is 12.3. The van der Waals surface area contributed by atoms with E-state index >= 15 is 0 Å². The van der Waals surface area contributed by atoms with Crippen molar-refractivity contribution >= 4 is 6.41 Å². The van der Waals surface area contributed by atoms with Crippen LogP contribution in [0.1, 0.15) is 5.56 Å². The van der Waals surface area contributed by atoms with Gasteiger partial charge in [-0.05, 0) is 56.1 Å². The number of likely N-dealkylation sites (tertiary alicyclic amines) is 1. The molecule has 0 spiro atoms. The first-order valence-electron chi connectivity index (χ1n) is 9.94. The lowest BCUT2D eigenvalue weighted by molar-refractivity contribution is -0.126. The lowest BCUT2D eigenvalue weighted by atomic mass is 10.1. The quantitative estimate of drug-likeness (QED) is 0.469. The second-order valence-corrected chi connectivity index (χ2v) is 7.67. The molecule has 4 rings (SSSR count). The van der Waals surface area contributed by atoms with E-state index in [0.717, 1.165) is 17.5 Å². The predicted molar refractivity (Wildman–Crippen MR) is 111 cm³/mol. The Morgan fingerprint density at radius 3 is 2.47 bits per heavy atom. The minimum atomic E-state index is -2.89. The zero-order valence-corrected chi connectivity index (χ0v) is 17.6. The van der Waals surface area contributed by atoms with Crippen LogP contribution in [0.3, 0.4) is 0 Å². The van der Waals surface area contributed by atoms with Crippen LogP contribution in [0, 0.1) is 0 Å². The fourth-order valence-electron chi connectivity index (χ4n) is 3.36. The van der Waals surface area contributed by atoms with E-state index < -0.39 is 6.61 Å². The third-order valence-corrected chi connectivity index (χ3v) is 4.88. The Morgan fingerprint density at radius 2 is 1.81 bits per heavy atom. The second kappa shape index (κ2) is 9.31. The van der Waals surface area contributed by atoms with Gasteiger partial charge in [-0.25, -0.2) is 0 Å². The first-order valence-corrected chi connectivity index (χ1v) is 9.94. The summed E-state index contributed by atoms with van der Waals surface area (Å²) in [6.45, 7) is -1.14. The van der Waals surface area contributed by atoms with Crippen molar-refractivity contribution in [2.75, 3.05) is 27.2 Å². The highest BCUT2D eigenvalue weighted by Gasteiger charge is 2.27. The maximum atomic E-state index is 12.3. The normalized spacial score (nSPS) is 14.0. The first kappa shape index (κ1) is 21.7. The molecule has 0 unspecified atom stereocenters. The highest BCUT2D eigenvalue weighted by atomic mass is 19.3. The smallest absolute Gasteiger partial charge is 0.387 e. The van der Waals surface area contributed by atoms with E-state index in [2.05, 4.69) is 14.9 Å². The van der Waals surface area contributed by atoms with Gasteiger partial charge in [-0.2, -0.15) is 8.78 Å². The monoisotopic (exact) mass is 444 g/mol. The minimum absolute atomic E-state index is 0.0470. The number of carbonyl (C=O) groups excluding carboxylic acids is 1. The predicted octanol–water partition coefficient (Wildman–Crippen LogP) is 3.29. The van der Waals surface area contributed by atoms with Gasteiger partial charge in [-0.1, -0.05) is 6.07 Å². The van der Waals surface area contributed by atoms with Crippen LogP contribution in [0.5, 0.6) is 11.5 Å². The highest BCUT2D eigenvalue weighted by molar-refractivity contribution is 5.63. The standard InChI is InChI=1S/C22H22F2N4O4/c1-27(2)10-15-5-8-17(30-18-11-28(12-18)13-29)9-19(15)21-26-25-20(32-21)14-3-6-16(7-4-14)31-22(23)24/h3-9,13,18,22H,10-12H2,1-2H3. The number of amides is 1. The van der Waals surface area contributed by atoms with Crippen LogP contribution in [-0.2, 0) is 11.3 Å². The molecule has 32 heavy (non-hydrogen) atoms. The third kappa shape index (κ3) is 5.02. The summed E-state index contributed by atoms with van der Waals surface area (Å²) in [5.41, 5.74) is 2.29. The maximum Gasteiger partial charge on any atom is 0.387 e. The number of benzene rings is 2. The third-order valence-electron chi connectivity index (χ3n) is 4.88. The summed E-state index contributed by atoms with van der Waals surface area (Å²) in [6.07, 6.45) is 0.748. The van der Waals surface area contributed by atoms with Gasteiger partial charge in [0.2, 0.25) is 18.2 Å². The largest absolute Gasteiger partial charge is 0.487 e. The number of halogens is 2. The molecule has 0 aliphatic carbocycles. The summed E-state index contributed by atoms with van der Waals surface area (Å²) in [4.78, 5) is 14.4. The molecule has 8 nitrogen and oxygen atoms in total. The van der Waals surface area contributed by atoms with Crippen molar-refractivity contribution in [3.8, 4) is 34.4 Å². The molecule has 1 amide bonds. The number of carbonyl (C=O) groups is 1. The molecule has 168 valence electrons. The lowest BCUT2D eigenvalue weighted by Gasteiger charge is -2.36. The van der Waals surface area contributed by atoms with Crippen LogP contribution < -0.4 is 9.47 Å². The Balaban J connectivity index is 1.58. The number of alkyl halides is 2. The molecule has 0 radical (unpaired) electrons. The molecule has 1 saturated heterocycles. The molecule has 2 heterocycles. The number of rotatable bonds is 9. The highest BCUT2D eigenvalue weighted by Crippen LogP contribution is 2.31. The topological polar surface area (TPSA) is 80.9 Å². The molecule has 10 heteroatoms. The van der Waals surface area contributed by atoms with Gasteiger partial charge in [0.15, 0.2) is 0 Å². The van der Waals surface area contributed by atoms with Crippen molar-refractivity contribution < 1.29 is 27.5 Å². The van der Waals surface area contributed by atoms with Crippen LogP contribution in [-0.4, -0.2) is 66.3 Å². The van der Waals surface area contributed by atoms with Gasteiger partial charge in [0.25, 0.3) is 0 Å². The average molecular weight is 444 g/mol. The molecular weight excluding hydrogens is 422 g/mol. The summed E-state index contributed by atoms with van der Waals surface area (Å²) in [7, 11) is 3.91. The van der Waals surface area contributed by atoms with Gasteiger partial charge in [0.1, 0.15) is 17.6 Å². The van der Waals surface area contributed by atoms with Gasteiger partial charge < -0.3 is 23.7 Å². The number of hydrogen-bond donors (Lipinski definition) is 0. The SMILES string of the molecule is CN(C)Cc1ccc(OC2CN(C=O)C2)cc1-c1nnc(-c2ccc(OC(F)F)cc2)o1. The van der Waals surface area contributed by atoms with Crippen LogP contribution >= 0.6 is 0 Å². The summed E-state index contributed by atoms with van der Waals surface area (Å²) in [6, 6.07) is 11.7. The van der Waals surface area contributed by atoms with Crippen LogP contribution in [0.2, 0.25) is 0 Å². The van der Waals surface area contributed by atoms with Crippen molar-refractivity contribution in [2.45, 2.75) is 19.3 Å². The first-order chi connectivity index (χ1) is 15.4. The van der Waals surface area contributed by atoms with Crippen LogP contribution in [0.15, 0.2) is 46.9 Å². The zero-order valence-electron chi connectivity index (χ0n) is 17.6. The van der Waals surface area contributed by atoms with Gasteiger partial charge in [-0.15, -0.1) is 10.2 Å². The molecule has 0 bridgehead atoms. The fourth-order valence-corrected chi connectivity index (χ4v) is 3.36. The molecule has 0 N–H and O–H groups in total. The zero-order chi connectivity index (χ0) is 22.7. The van der Waals surface area contributed by atoms with Gasteiger partial charge in [0.05, 0.1) is 13.1 Å². The number of aromatic nitrogens is 2. The van der Waals surface area contributed by atoms with E-state index in [1.165, 1.54) is 12.1 Å². The Hall–Kier alpha value is -3.53. The molecule has 1 fully saturated rings. The number of hydrogen-bond acceptors (Lipinski definition) is 7. The summed E-state index contributed by atoms with van der Waals surface area (Å²) in [5.74, 6) is 1.27. The van der Waals surface area contributed by atoms with Gasteiger partial charge in [0, 0.05) is 17.7 Å². The molecule has 0 saturated carbocycles. The lowest BCUT2D eigenvalue weighted by Crippen LogP contribution is -2.52. The Bertz CT molecular complexity index is 1070. The van der Waals surface area contributed by atoms with Crippen LogP contribution in [0.25, 0.3) is 22.9 Å². The molecule has 1 aromatic heterocycles. The van der Waals surface area contributed by atoms with Gasteiger partial charge in [-0.3, -0.25) is 4.79 Å². The second-order valence-electron chi connectivity index (χ2n) is 7.67. The van der Waals surface area contributed by atoms with Crippen molar-refractivity contribution in [3.05, 3.63) is 48.0 Å². The van der Waals surface area contributed by atoms with Crippen molar-refractivity contribution in [3.63, 3.8) is 0 Å². The van der Waals surface area contributed by atoms with Crippen molar-refractivity contribution in [2.24, 2.45) is 0 Å². The number of nitrogens with zero attached hydrogens (tertiary/aromatic N) is 4. The number of ether oxygens (including phenoxy) is 2. The summed E-state index contributed by atoms with van der Waals surface area (Å²) >= 11 is 0. The van der Waals surface area contributed by atoms with E-state index in [0.29, 0.717) is 36.8 Å². The van der Waals surface area contributed by atoms with E-state index in [9.17, 15) is 13.6 Å². The van der Waals surface area contributed by atoms with E-state index in [-0.39, 0.29) is 17.7 Å². The van der Waals surface area contributed by atoms with Gasteiger partial charge >= 0.3 is 6.61 Å². The Labute approximate surface area is 183 Å². The summed E-state index contributed by atoms with van der Waals surface area (Å²) in [5, 5.41) is 8.29. The molecule has 3 aromatic rings. The average Bonchev–Trinajstić information content (AvgIpc) is 3.21. The molecule has 0 atom stereocenters. The summed E-state index contributed by atoms with van der Waals surface area (Å²) < 4.78 is 40.9. The Kier molecular flexibility index (Phi) is 6.31. The molecular formula is C22H22F2N4O4. The fraction of sp³-hybridized carbons (Fsp3) is 0.318. The van der Waals surface area contributed by atoms with Crippen molar-refractivity contribution in [1.29, 1.82) is 0 Å². The molecule has 1 aliphatic heterocycles.